The summed E-state index contributed by atoms with van der Waals surface area (Å²) in [6.07, 6.45) is 6.48. The maximum absolute atomic E-state index is 12.3. The van der Waals surface area contributed by atoms with E-state index in [1.165, 1.54) is 6.08 Å². The van der Waals surface area contributed by atoms with Gasteiger partial charge in [0.2, 0.25) is 5.91 Å². The smallest absolute Gasteiger partial charge is 0.248 e. The summed E-state index contributed by atoms with van der Waals surface area (Å²) in [6, 6.07) is 13.3. The van der Waals surface area contributed by atoms with E-state index in [0.29, 0.717) is 18.1 Å². The van der Waals surface area contributed by atoms with Crippen LogP contribution in [-0.4, -0.2) is 37.8 Å². The number of nitrogens with zero attached hydrogens (tertiary/aromatic N) is 5. The summed E-state index contributed by atoms with van der Waals surface area (Å²) in [5, 5.41) is 15.3. The maximum atomic E-state index is 12.3. The summed E-state index contributed by atoms with van der Waals surface area (Å²) in [6.45, 7) is 0.390. The summed E-state index contributed by atoms with van der Waals surface area (Å²) in [5.74, 6) is 0.419. The molecule has 0 atom stereocenters. The number of halogens is 1. The first-order valence-corrected chi connectivity index (χ1v) is 9.55. The van der Waals surface area contributed by atoms with E-state index in [4.69, 9.17) is 4.74 Å². The van der Waals surface area contributed by atoms with Crippen LogP contribution in [0, 0.1) is 0 Å². The molecular weight excluding hydrogens is 436 g/mol. The predicted molar refractivity (Wildman–Crippen MR) is 114 cm³/mol. The zero-order valence-corrected chi connectivity index (χ0v) is 17.1. The third-order valence-corrected chi connectivity index (χ3v) is 4.70. The number of amides is 1. The Kier molecular flexibility index (Phi) is 5.39. The fourth-order valence-electron chi connectivity index (χ4n) is 2.85. The molecule has 9 heteroatoms. The number of fused-ring (bicyclic) bond motifs is 1. The summed E-state index contributed by atoms with van der Waals surface area (Å²) >= 11 is 3.42. The van der Waals surface area contributed by atoms with E-state index < -0.39 is 0 Å². The number of carbonyl (C=O) groups excluding carboxylic acids is 1. The zero-order chi connectivity index (χ0) is 20.2. The standard InChI is InChI=1S/C20H17BrN6O2/c1-29-19-8-7-15(21)10-14(19)6-9-20(28)23-16-11-22-26(12-16)13-27-18-5-3-2-4-17(18)24-25-27/h2-12H,13H2,1H3,(H,23,28). The van der Waals surface area contributed by atoms with Crippen molar-refractivity contribution in [1.82, 2.24) is 24.8 Å². The van der Waals surface area contributed by atoms with E-state index in [2.05, 4.69) is 36.7 Å². The highest BCUT2D eigenvalue weighted by molar-refractivity contribution is 9.10. The fraction of sp³-hybridized carbons (Fsp3) is 0.100. The monoisotopic (exact) mass is 452 g/mol. The second-order valence-electron chi connectivity index (χ2n) is 6.20. The van der Waals surface area contributed by atoms with Crippen LogP contribution in [0.5, 0.6) is 5.75 Å². The Morgan fingerprint density at radius 1 is 1.28 bits per heavy atom. The lowest BCUT2D eigenvalue weighted by atomic mass is 10.2. The van der Waals surface area contributed by atoms with Crippen LogP contribution in [0.25, 0.3) is 17.1 Å². The lowest BCUT2D eigenvalue weighted by Crippen LogP contribution is -2.10. The van der Waals surface area contributed by atoms with Crippen LogP contribution in [0.3, 0.4) is 0 Å². The second-order valence-corrected chi connectivity index (χ2v) is 7.11. The topological polar surface area (TPSA) is 86.9 Å². The highest BCUT2D eigenvalue weighted by atomic mass is 79.9. The summed E-state index contributed by atoms with van der Waals surface area (Å²) in [4.78, 5) is 12.3. The van der Waals surface area contributed by atoms with Gasteiger partial charge in [-0.25, -0.2) is 9.36 Å². The number of ether oxygens (including phenoxy) is 1. The number of methoxy groups -OCH3 is 1. The summed E-state index contributed by atoms with van der Waals surface area (Å²) in [5.41, 5.74) is 3.12. The Morgan fingerprint density at radius 2 is 2.14 bits per heavy atom. The molecule has 2 aromatic heterocycles. The van der Waals surface area contributed by atoms with Gasteiger partial charge in [-0.3, -0.25) is 4.79 Å². The summed E-state index contributed by atoms with van der Waals surface area (Å²) < 4.78 is 9.63. The van der Waals surface area contributed by atoms with Gasteiger partial charge >= 0.3 is 0 Å². The van der Waals surface area contributed by atoms with E-state index in [1.807, 2.05) is 42.5 Å². The van der Waals surface area contributed by atoms with Crippen LogP contribution in [0.1, 0.15) is 5.56 Å². The highest BCUT2D eigenvalue weighted by Crippen LogP contribution is 2.24. The van der Waals surface area contributed by atoms with Gasteiger partial charge in [-0.2, -0.15) is 5.10 Å². The van der Waals surface area contributed by atoms with Crippen LogP contribution in [-0.2, 0) is 11.5 Å². The van der Waals surface area contributed by atoms with E-state index in [-0.39, 0.29) is 5.91 Å². The van der Waals surface area contributed by atoms with Crippen molar-refractivity contribution in [2.24, 2.45) is 0 Å². The fourth-order valence-corrected chi connectivity index (χ4v) is 3.23. The largest absolute Gasteiger partial charge is 0.496 e. The van der Waals surface area contributed by atoms with Crippen LogP contribution in [0.15, 0.2) is 65.4 Å². The SMILES string of the molecule is COc1ccc(Br)cc1C=CC(=O)Nc1cnn(Cn2nnc3ccccc32)c1. The molecule has 0 spiro atoms. The van der Waals surface area contributed by atoms with Crippen molar-refractivity contribution >= 4 is 44.6 Å². The molecule has 0 aliphatic heterocycles. The molecule has 29 heavy (non-hydrogen) atoms. The van der Waals surface area contributed by atoms with E-state index in [0.717, 1.165) is 21.1 Å². The number of aromatic nitrogens is 5. The predicted octanol–water partition coefficient (Wildman–Crippen LogP) is 3.56. The Hall–Kier alpha value is -3.46. The lowest BCUT2D eigenvalue weighted by Gasteiger charge is -2.05. The minimum atomic E-state index is -0.266. The maximum Gasteiger partial charge on any atom is 0.248 e. The Morgan fingerprint density at radius 3 is 3.00 bits per heavy atom. The molecule has 1 N–H and O–H groups in total. The minimum Gasteiger partial charge on any atom is -0.496 e. The van der Waals surface area contributed by atoms with Gasteiger partial charge in [0.05, 0.1) is 30.7 Å². The average Bonchev–Trinajstić information content (AvgIpc) is 3.34. The van der Waals surface area contributed by atoms with Crippen molar-refractivity contribution in [2.45, 2.75) is 6.67 Å². The molecule has 0 aliphatic rings. The number of carbonyl (C=O) groups is 1. The van der Waals surface area contributed by atoms with Gasteiger partial charge in [-0.15, -0.1) is 5.10 Å². The van der Waals surface area contributed by atoms with Crippen LogP contribution in [0.2, 0.25) is 0 Å². The van der Waals surface area contributed by atoms with Gasteiger partial charge in [0.1, 0.15) is 17.9 Å². The molecule has 0 saturated heterocycles. The number of hydrogen-bond donors (Lipinski definition) is 1. The molecule has 0 unspecified atom stereocenters. The van der Waals surface area contributed by atoms with E-state index >= 15 is 0 Å². The molecule has 0 saturated carbocycles. The van der Waals surface area contributed by atoms with Gasteiger partial charge in [0, 0.05) is 16.1 Å². The lowest BCUT2D eigenvalue weighted by molar-refractivity contribution is -0.111. The number of para-hydroxylation sites is 1. The molecule has 2 heterocycles. The minimum absolute atomic E-state index is 0.266. The van der Waals surface area contributed by atoms with Crippen LogP contribution in [0.4, 0.5) is 5.69 Å². The van der Waals surface area contributed by atoms with Crippen molar-refractivity contribution in [3.63, 3.8) is 0 Å². The van der Waals surface area contributed by atoms with Crippen molar-refractivity contribution < 1.29 is 9.53 Å². The van der Waals surface area contributed by atoms with Crippen molar-refractivity contribution in [3.05, 3.63) is 71.0 Å². The molecule has 2 aromatic carbocycles. The molecule has 4 rings (SSSR count). The second kappa shape index (κ2) is 8.27. The molecule has 0 radical (unpaired) electrons. The zero-order valence-electron chi connectivity index (χ0n) is 15.5. The van der Waals surface area contributed by atoms with Gasteiger partial charge in [-0.1, -0.05) is 33.3 Å². The van der Waals surface area contributed by atoms with Crippen molar-refractivity contribution in [1.29, 1.82) is 0 Å². The first kappa shape index (κ1) is 18.9. The van der Waals surface area contributed by atoms with E-state index in [9.17, 15) is 4.79 Å². The van der Waals surface area contributed by atoms with Crippen molar-refractivity contribution in [3.8, 4) is 5.75 Å². The molecule has 146 valence electrons. The molecule has 4 aromatic rings. The quantitative estimate of drug-likeness (QED) is 0.452. The van der Waals surface area contributed by atoms with Crippen LogP contribution < -0.4 is 10.1 Å². The van der Waals surface area contributed by atoms with Gasteiger partial charge in [0.25, 0.3) is 0 Å². The third-order valence-electron chi connectivity index (χ3n) is 4.21. The van der Waals surface area contributed by atoms with Gasteiger partial charge < -0.3 is 10.1 Å². The van der Waals surface area contributed by atoms with Gasteiger partial charge in [0.15, 0.2) is 0 Å². The summed E-state index contributed by atoms with van der Waals surface area (Å²) in [7, 11) is 1.59. The number of hydrogen-bond acceptors (Lipinski definition) is 5. The molecule has 0 bridgehead atoms. The average molecular weight is 453 g/mol. The number of benzene rings is 2. The number of anilines is 1. The number of rotatable bonds is 6. The molecule has 8 nitrogen and oxygen atoms in total. The Balaban J connectivity index is 1.42. The Bertz CT molecular complexity index is 1200. The van der Waals surface area contributed by atoms with E-state index in [1.54, 1.807) is 34.9 Å². The molecular formula is C20H17BrN6O2. The first-order chi connectivity index (χ1) is 14.1. The normalized spacial score (nSPS) is 11.2. The molecule has 1 amide bonds. The Labute approximate surface area is 174 Å². The number of nitrogens with one attached hydrogen (secondary N) is 1. The first-order valence-electron chi connectivity index (χ1n) is 8.75. The third kappa shape index (κ3) is 4.35. The molecule has 0 fully saturated rings. The van der Waals surface area contributed by atoms with Crippen LogP contribution >= 0.6 is 15.9 Å². The molecule has 0 aliphatic carbocycles. The van der Waals surface area contributed by atoms with Gasteiger partial charge in [-0.05, 0) is 36.4 Å². The van der Waals surface area contributed by atoms with Crippen molar-refractivity contribution in [2.75, 3.05) is 12.4 Å². The highest BCUT2D eigenvalue weighted by Gasteiger charge is 2.07.